The van der Waals surface area contributed by atoms with Gasteiger partial charge in [0.15, 0.2) is 0 Å². The zero-order chi connectivity index (χ0) is 13.6. The summed E-state index contributed by atoms with van der Waals surface area (Å²) in [4.78, 5) is 28.7. The van der Waals surface area contributed by atoms with Gasteiger partial charge in [0.25, 0.3) is 0 Å². The van der Waals surface area contributed by atoms with Gasteiger partial charge in [-0.3, -0.25) is 0 Å². The van der Waals surface area contributed by atoms with Crippen molar-refractivity contribution in [1.82, 2.24) is 0 Å². The number of benzene rings is 1. The van der Waals surface area contributed by atoms with E-state index in [1.807, 2.05) is 0 Å². The quantitative estimate of drug-likeness (QED) is 0.470. The van der Waals surface area contributed by atoms with Crippen LogP contribution in [0.25, 0.3) is 0 Å². The number of hydrogen-bond acceptors (Lipinski definition) is 4. The second kappa shape index (κ2) is 6.66. The largest absolute Gasteiger partial charge is 0.462 e. The van der Waals surface area contributed by atoms with Crippen molar-refractivity contribution in [1.29, 1.82) is 0 Å². The number of rotatable bonds is 6. The summed E-state index contributed by atoms with van der Waals surface area (Å²) < 4.78 is 9.58. The normalized spacial score (nSPS) is 10.8. The van der Waals surface area contributed by atoms with Crippen molar-refractivity contribution in [3.8, 4) is 5.75 Å². The number of carbonyl (C=O) groups excluding carboxylic acids is 1. The molecule has 0 bridgehead atoms. The minimum Gasteiger partial charge on any atom is -0.462 e. The maximum atomic E-state index is 10.8. The molecule has 5 nitrogen and oxygen atoms in total. The van der Waals surface area contributed by atoms with Gasteiger partial charge in [0, 0.05) is 24.3 Å². The highest BCUT2D eigenvalue weighted by Gasteiger charge is 2.09. The number of hydrogen-bond donors (Lipinski definition) is 2. The van der Waals surface area contributed by atoms with Gasteiger partial charge < -0.3 is 19.0 Å². The third-order valence-corrected chi connectivity index (χ3v) is 2.62. The lowest BCUT2D eigenvalue weighted by molar-refractivity contribution is -0.137. The summed E-state index contributed by atoms with van der Waals surface area (Å²) in [5.41, 5.74) is 0.920. The van der Waals surface area contributed by atoms with Crippen LogP contribution >= 0.6 is 6.72 Å². The first kappa shape index (κ1) is 14.9. The lowest BCUT2D eigenvalue weighted by Crippen LogP contribution is -2.04. The molecule has 0 fully saturated rings. The van der Waals surface area contributed by atoms with Gasteiger partial charge >= 0.3 is 12.7 Å². The van der Waals surface area contributed by atoms with Crippen molar-refractivity contribution in [3.63, 3.8) is 0 Å². The Morgan fingerprint density at radius 3 is 2.50 bits per heavy atom. The molecule has 0 amide bonds. The van der Waals surface area contributed by atoms with E-state index in [-0.39, 0.29) is 12.4 Å². The molecule has 0 aliphatic heterocycles. The lowest BCUT2D eigenvalue weighted by Gasteiger charge is -2.10. The minimum absolute atomic E-state index is 0.253. The SMILES string of the molecule is C=CC(=O)OCCc1ccc(OP(O)(O)=S)cc1. The molecule has 0 atom stereocenters. The average Bonchev–Trinajstić information content (AvgIpc) is 2.29. The first-order valence-corrected chi connectivity index (χ1v) is 7.66. The summed E-state index contributed by atoms with van der Waals surface area (Å²) in [6.45, 7) is -0.149. The summed E-state index contributed by atoms with van der Waals surface area (Å²) in [5.74, 6) is -0.175. The van der Waals surface area contributed by atoms with Gasteiger partial charge in [-0.1, -0.05) is 18.7 Å². The van der Waals surface area contributed by atoms with E-state index in [0.717, 1.165) is 11.6 Å². The zero-order valence-electron chi connectivity index (χ0n) is 9.48. The van der Waals surface area contributed by atoms with Crippen molar-refractivity contribution in [2.45, 2.75) is 6.42 Å². The van der Waals surface area contributed by atoms with Crippen LogP contribution in [0.3, 0.4) is 0 Å². The molecule has 0 saturated carbocycles. The van der Waals surface area contributed by atoms with Crippen LogP contribution in [-0.2, 0) is 27.8 Å². The first-order valence-electron chi connectivity index (χ1n) is 5.04. The Morgan fingerprint density at radius 1 is 1.39 bits per heavy atom. The van der Waals surface area contributed by atoms with Gasteiger partial charge in [-0.2, -0.15) is 0 Å². The van der Waals surface area contributed by atoms with Crippen molar-refractivity contribution in [2.75, 3.05) is 6.61 Å². The van der Waals surface area contributed by atoms with Crippen LogP contribution in [0.5, 0.6) is 5.75 Å². The van der Waals surface area contributed by atoms with Crippen LogP contribution in [0.2, 0.25) is 0 Å². The average molecular weight is 288 g/mol. The van der Waals surface area contributed by atoms with E-state index in [1.165, 1.54) is 0 Å². The van der Waals surface area contributed by atoms with E-state index in [4.69, 9.17) is 19.0 Å². The summed E-state index contributed by atoms with van der Waals surface area (Å²) >= 11 is 4.34. The molecule has 0 aliphatic rings. The molecule has 0 heterocycles. The molecule has 0 aliphatic carbocycles. The summed E-state index contributed by atoms with van der Waals surface area (Å²) in [7, 11) is 0. The molecule has 2 N–H and O–H groups in total. The molecule has 98 valence electrons. The Morgan fingerprint density at radius 2 is 2.00 bits per heavy atom. The molecule has 18 heavy (non-hydrogen) atoms. The molecule has 0 saturated heterocycles. The second-order valence-corrected chi connectivity index (χ2v) is 5.94. The van der Waals surface area contributed by atoms with Gasteiger partial charge in [-0.15, -0.1) is 0 Å². The smallest absolute Gasteiger partial charge is 0.375 e. The van der Waals surface area contributed by atoms with Crippen molar-refractivity contribution < 1.29 is 23.8 Å². The van der Waals surface area contributed by atoms with Gasteiger partial charge in [0.1, 0.15) is 5.75 Å². The standard InChI is InChI=1S/C11H13O5PS/c1-2-11(12)15-8-7-9-3-5-10(6-4-9)16-17(13,14)18/h2-6H,1,7-8H2,(H2,13,14,18). The van der Waals surface area contributed by atoms with Crippen LogP contribution in [0.1, 0.15) is 5.56 Å². The fourth-order valence-electron chi connectivity index (χ4n) is 1.18. The molecule has 0 spiro atoms. The molecule has 0 radical (unpaired) electrons. The van der Waals surface area contributed by atoms with E-state index < -0.39 is 12.7 Å². The highest BCUT2D eigenvalue weighted by Crippen LogP contribution is 2.37. The third kappa shape index (κ3) is 5.93. The molecule has 1 aromatic carbocycles. The molecule has 1 rings (SSSR count). The van der Waals surface area contributed by atoms with E-state index >= 15 is 0 Å². The predicted molar refractivity (Wildman–Crippen MR) is 70.7 cm³/mol. The maximum Gasteiger partial charge on any atom is 0.375 e. The van der Waals surface area contributed by atoms with Gasteiger partial charge in [0.2, 0.25) is 0 Å². The van der Waals surface area contributed by atoms with Crippen molar-refractivity contribution >= 4 is 24.5 Å². The van der Waals surface area contributed by atoms with Crippen LogP contribution in [0.15, 0.2) is 36.9 Å². The Hall–Kier alpha value is -1.20. The molecule has 1 aromatic rings. The van der Waals surface area contributed by atoms with E-state index in [9.17, 15) is 4.79 Å². The Labute approximate surface area is 110 Å². The molecule has 0 aromatic heterocycles. The van der Waals surface area contributed by atoms with Gasteiger partial charge in [-0.25, -0.2) is 4.79 Å². The van der Waals surface area contributed by atoms with Gasteiger partial charge in [0.05, 0.1) is 6.61 Å². The van der Waals surface area contributed by atoms with E-state index in [1.54, 1.807) is 24.3 Å². The Kier molecular flexibility index (Phi) is 5.50. The number of carbonyl (C=O) groups is 1. The van der Waals surface area contributed by atoms with Crippen LogP contribution in [-0.4, -0.2) is 22.4 Å². The fourth-order valence-corrected chi connectivity index (χ4v) is 1.84. The minimum atomic E-state index is -3.69. The summed E-state index contributed by atoms with van der Waals surface area (Å²) in [6, 6.07) is 6.58. The van der Waals surface area contributed by atoms with Crippen LogP contribution in [0.4, 0.5) is 0 Å². The zero-order valence-corrected chi connectivity index (χ0v) is 11.2. The molecular formula is C11H13O5PS. The van der Waals surface area contributed by atoms with Crippen LogP contribution < -0.4 is 4.52 Å². The molecule has 0 unspecified atom stereocenters. The topological polar surface area (TPSA) is 76.0 Å². The monoisotopic (exact) mass is 288 g/mol. The van der Waals surface area contributed by atoms with E-state index in [2.05, 4.69) is 18.4 Å². The summed E-state index contributed by atoms with van der Waals surface area (Å²) in [6.07, 6.45) is 1.65. The predicted octanol–water partition coefficient (Wildman–Crippen LogP) is 1.55. The summed E-state index contributed by atoms with van der Waals surface area (Å²) in [5, 5.41) is 0. The highest BCUT2D eigenvalue weighted by atomic mass is 32.5. The van der Waals surface area contributed by atoms with Gasteiger partial charge in [-0.05, 0) is 17.7 Å². The third-order valence-electron chi connectivity index (χ3n) is 1.95. The van der Waals surface area contributed by atoms with Crippen molar-refractivity contribution in [2.24, 2.45) is 0 Å². The molecular weight excluding hydrogens is 275 g/mol. The van der Waals surface area contributed by atoms with Crippen molar-refractivity contribution in [3.05, 3.63) is 42.5 Å². The number of ether oxygens (including phenoxy) is 1. The highest BCUT2D eigenvalue weighted by molar-refractivity contribution is 8.06. The second-order valence-electron chi connectivity index (χ2n) is 3.35. The first-order chi connectivity index (χ1) is 8.40. The lowest BCUT2D eigenvalue weighted by atomic mass is 10.1. The van der Waals surface area contributed by atoms with Crippen LogP contribution in [0, 0.1) is 0 Å². The van der Waals surface area contributed by atoms with E-state index in [0.29, 0.717) is 6.42 Å². The Balaban J connectivity index is 2.48. The number of esters is 1. The fraction of sp³-hybridized carbons (Fsp3) is 0.182. The maximum absolute atomic E-state index is 10.8. The molecule has 7 heteroatoms. The Bertz CT molecular complexity index is 465.